The first-order valence-corrected chi connectivity index (χ1v) is 6.73. The zero-order valence-corrected chi connectivity index (χ0v) is 11.6. The molecular weight excluding hydrogens is 260 g/mol. The van der Waals surface area contributed by atoms with Crippen molar-refractivity contribution in [1.29, 1.82) is 0 Å². The number of hydrogen-bond acceptors (Lipinski definition) is 5. The van der Waals surface area contributed by atoms with E-state index in [1.807, 2.05) is 44.2 Å². The van der Waals surface area contributed by atoms with Crippen LogP contribution in [0, 0.1) is 0 Å². The average molecular weight is 278 g/mol. The molecule has 2 saturated heterocycles. The molecule has 5 heteroatoms. The third-order valence-corrected chi connectivity index (χ3v) is 3.41. The van der Waals surface area contributed by atoms with Gasteiger partial charge in [-0.05, 0) is 19.4 Å². The summed E-state index contributed by atoms with van der Waals surface area (Å²) in [4.78, 5) is 11.9. The van der Waals surface area contributed by atoms with E-state index in [2.05, 4.69) is 0 Å². The molecule has 5 nitrogen and oxygen atoms in total. The van der Waals surface area contributed by atoms with Gasteiger partial charge in [-0.3, -0.25) is 0 Å². The van der Waals surface area contributed by atoms with Crippen LogP contribution in [0.3, 0.4) is 0 Å². The van der Waals surface area contributed by atoms with Crippen LogP contribution in [-0.4, -0.2) is 36.7 Å². The lowest BCUT2D eigenvalue weighted by molar-refractivity contribution is -0.183. The van der Waals surface area contributed by atoms with E-state index in [0.29, 0.717) is 6.61 Å². The number of ether oxygens (including phenoxy) is 4. The molecule has 3 atom stereocenters. The van der Waals surface area contributed by atoms with Gasteiger partial charge in [0.1, 0.15) is 18.8 Å². The number of benzene rings is 1. The fraction of sp³-hybridized carbons (Fsp3) is 0.533. The molecule has 108 valence electrons. The molecule has 3 rings (SSSR count). The van der Waals surface area contributed by atoms with Gasteiger partial charge in [-0.2, -0.15) is 0 Å². The Balaban J connectivity index is 1.69. The smallest absolute Gasteiger partial charge is 0.338 e. The van der Waals surface area contributed by atoms with Gasteiger partial charge in [0.05, 0.1) is 6.61 Å². The number of rotatable bonds is 3. The van der Waals surface area contributed by atoms with Gasteiger partial charge in [0, 0.05) is 0 Å². The Kier molecular flexibility index (Phi) is 3.50. The second-order valence-electron chi connectivity index (χ2n) is 5.49. The van der Waals surface area contributed by atoms with Crippen molar-refractivity contribution in [2.24, 2.45) is 0 Å². The number of carbonyl (C=O) groups excluding carboxylic acids is 1. The largest absolute Gasteiger partial charge is 0.461 e. The van der Waals surface area contributed by atoms with E-state index in [9.17, 15) is 4.79 Å². The van der Waals surface area contributed by atoms with Crippen molar-refractivity contribution in [2.75, 3.05) is 6.61 Å². The Morgan fingerprint density at radius 1 is 1.25 bits per heavy atom. The highest BCUT2D eigenvalue weighted by Gasteiger charge is 2.52. The lowest BCUT2D eigenvalue weighted by atomic mass is 10.1. The highest BCUT2D eigenvalue weighted by atomic mass is 16.8. The van der Waals surface area contributed by atoms with Gasteiger partial charge in [-0.1, -0.05) is 30.3 Å². The molecule has 0 aromatic heterocycles. The van der Waals surface area contributed by atoms with E-state index in [-0.39, 0.29) is 18.7 Å². The van der Waals surface area contributed by atoms with Gasteiger partial charge in [0.25, 0.3) is 0 Å². The van der Waals surface area contributed by atoms with Gasteiger partial charge >= 0.3 is 5.97 Å². The van der Waals surface area contributed by atoms with Crippen LogP contribution in [0.1, 0.15) is 19.4 Å². The summed E-state index contributed by atoms with van der Waals surface area (Å²) in [6.07, 6.45) is -1.41. The van der Waals surface area contributed by atoms with E-state index < -0.39 is 18.0 Å². The molecule has 2 heterocycles. The van der Waals surface area contributed by atoms with Crippen LogP contribution < -0.4 is 0 Å². The molecule has 0 unspecified atom stereocenters. The number of fused-ring (bicyclic) bond motifs is 1. The summed E-state index contributed by atoms with van der Waals surface area (Å²) < 4.78 is 22.3. The van der Waals surface area contributed by atoms with Crippen molar-refractivity contribution < 1.29 is 23.7 Å². The summed E-state index contributed by atoms with van der Waals surface area (Å²) in [7, 11) is 0. The van der Waals surface area contributed by atoms with Crippen molar-refractivity contribution in [3.05, 3.63) is 35.9 Å². The summed E-state index contributed by atoms with van der Waals surface area (Å²) in [5.41, 5.74) is 1.00. The maximum atomic E-state index is 11.9. The van der Waals surface area contributed by atoms with Crippen LogP contribution in [0.15, 0.2) is 30.3 Å². The number of carbonyl (C=O) groups is 1. The minimum Gasteiger partial charge on any atom is -0.461 e. The highest BCUT2D eigenvalue weighted by molar-refractivity contribution is 5.76. The van der Waals surface area contributed by atoms with Gasteiger partial charge in [-0.25, -0.2) is 4.79 Å². The summed E-state index contributed by atoms with van der Waals surface area (Å²) in [6, 6.07) is 9.69. The van der Waals surface area contributed by atoms with Crippen molar-refractivity contribution in [3.8, 4) is 0 Å². The van der Waals surface area contributed by atoms with Gasteiger partial charge in [0.15, 0.2) is 11.9 Å². The minimum atomic E-state index is -0.740. The molecule has 0 saturated carbocycles. The molecule has 1 aromatic carbocycles. The van der Waals surface area contributed by atoms with E-state index in [1.165, 1.54) is 0 Å². The average Bonchev–Trinajstić information content (AvgIpc) is 2.73. The maximum Gasteiger partial charge on any atom is 0.338 e. The molecule has 0 radical (unpaired) electrons. The molecule has 2 fully saturated rings. The maximum absolute atomic E-state index is 11.9. The first kappa shape index (κ1) is 13.5. The van der Waals surface area contributed by atoms with Gasteiger partial charge in [0.2, 0.25) is 0 Å². The first-order chi connectivity index (χ1) is 9.55. The predicted octanol–water partition coefficient (Wildman–Crippen LogP) is 1.65. The summed E-state index contributed by atoms with van der Waals surface area (Å²) in [5, 5.41) is 0. The monoisotopic (exact) mass is 278 g/mol. The van der Waals surface area contributed by atoms with E-state index in [0.717, 1.165) is 5.56 Å². The molecule has 0 N–H and O–H groups in total. The van der Waals surface area contributed by atoms with Crippen molar-refractivity contribution in [3.63, 3.8) is 0 Å². The van der Waals surface area contributed by atoms with Gasteiger partial charge < -0.3 is 18.9 Å². The topological polar surface area (TPSA) is 54.0 Å². The minimum absolute atomic E-state index is 0.220. The molecule has 0 amide bonds. The zero-order valence-electron chi connectivity index (χ0n) is 11.6. The molecular formula is C15H18O5. The summed E-state index contributed by atoms with van der Waals surface area (Å²) in [5.74, 6) is -1.10. The van der Waals surface area contributed by atoms with Crippen molar-refractivity contribution in [2.45, 2.75) is 44.6 Å². The van der Waals surface area contributed by atoms with Crippen LogP contribution in [0.4, 0.5) is 0 Å². The quantitative estimate of drug-likeness (QED) is 0.787. The van der Waals surface area contributed by atoms with Crippen LogP contribution in [0.25, 0.3) is 0 Å². The molecule has 1 aromatic rings. The Bertz CT molecular complexity index is 484. The molecule has 2 aliphatic heterocycles. The number of hydrogen-bond donors (Lipinski definition) is 0. The van der Waals surface area contributed by atoms with Crippen molar-refractivity contribution in [1.82, 2.24) is 0 Å². The SMILES string of the molecule is CC1(C)O[C@H]2[C@H](COC(=O)[C@@H]2OCc2ccccc2)O1. The zero-order chi connectivity index (χ0) is 14.2. The normalized spacial score (nSPS) is 31.7. The van der Waals surface area contributed by atoms with E-state index in [1.54, 1.807) is 0 Å². The standard InChI is InChI=1S/C15H18O5/c1-15(2)19-11-9-18-14(16)13(12(11)20-15)17-8-10-6-4-3-5-7-10/h3-7,11-13H,8-9H2,1-2H3/t11-,12-,13+/m0/s1. The Morgan fingerprint density at radius 2 is 2.00 bits per heavy atom. The van der Waals surface area contributed by atoms with E-state index >= 15 is 0 Å². The fourth-order valence-corrected chi connectivity index (χ4v) is 2.55. The highest BCUT2D eigenvalue weighted by Crippen LogP contribution is 2.34. The van der Waals surface area contributed by atoms with Crippen molar-refractivity contribution >= 4 is 5.97 Å². The van der Waals surface area contributed by atoms with Gasteiger partial charge in [-0.15, -0.1) is 0 Å². The number of esters is 1. The summed E-state index contributed by atoms with van der Waals surface area (Å²) in [6.45, 7) is 4.21. The fourth-order valence-electron chi connectivity index (χ4n) is 2.55. The third kappa shape index (κ3) is 2.70. The first-order valence-electron chi connectivity index (χ1n) is 6.73. The predicted molar refractivity (Wildman–Crippen MR) is 69.8 cm³/mol. The lowest BCUT2D eigenvalue weighted by Crippen LogP contribution is -2.50. The van der Waals surface area contributed by atoms with Crippen LogP contribution in [0.5, 0.6) is 0 Å². The molecule has 0 spiro atoms. The molecule has 0 aliphatic carbocycles. The number of cyclic esters (lactones) is 1. The Labute approximate surface area is 117 Å². The lowest BCUT2D eigenvalue weighted by Gasteiger charge is -2.29. The molecule has 0 bridgehead atoms. The summed E-state index contributed by atoms with van der Waals surface area (Å²) >= 11 is 0. The molecule has 20 heavy (non-hydrogen) atoms. The van der Waals surface area contributed by atoms with Crippen LogP contribution >= 0.6 is 0 Å². The Morgan fingerprint density at radius 3 is 2.75 bits per heavy atom. The van der Waals surface area contributed by atoms with Crippen LogP contribution in [-0.2, 0) is 30.3 Å². The second kappa shape index (κ2) is 5.16. The molecule has 2 aliphatic rings. The van der Waals surface area contributed by atoms with Crippen LogP contribution in [0.2, 0.25) is 0 Å². The Hall–Kier alpha value is -1.43. The van der Waals surface area contributed by atoms with E-state index in [4.69, 9.17) is 18.9 Å². The second-order valence-corrected chi connectivity index (χ2v) is 5.49. The third-order valence-electron chi connectivity index (χ3n) is 3.41.